The minimum atomic E-state index is -0.776. The molecule has 0 bridgehead atoms. The van der Waals surface area contributed by atoms with Gasteiger partial charge in [-0.15, -0.1) is 0 Å². The number of esters is 3. The fourth-order valence-electron chi connectivity index (χ4n) is 10.5. The maximum absolute atomic E-state index is 12.9. The van der Waals surface area contributed by atoms with Gasteiger partial charge in [-0.05, 0) is 57.8 Å². The van der Waals surface area contributed by atoms with Gasteiger partial charge in [-0.2, -0.15) is 0 Å². The van der Waals surface area contributed by atoms with Crippen LogP contribution >= 0.6 is 0 Å². The molecule has 0 aromatic carbocycles. The number of rotatable bonds is 64. The summed E-state index contributed by atoms with van der Waals surface area (Å²) >= 11 is 0. The van der Waals surface area contributed by atoms with E-state index < -0.39 is 6.10 Å². The summed E-state index contributed by atoms with van der Waals surface area (Å²) in [5.74, 6) is -0.860. The molecule has 0 spiro atoms. The van der Waals surface area contributed by atoms with Gasteiger partial charge in [-0.25, -0.2) is 0 Å². The van der Waals surface area contributed by atoms with Gasteiger partial charge in [0, 0.05) is 19.3 Å². The van der Waals surface area contributed by atoms with Gasteiger partial charge in [0.2, 0.25) is 0 Å². The summed E-state index contributed by atoms with van der Waals surface area (Å²) in [7, 11) is 0. The molecule has 0 aromatic rings. The molecule has 0 aromatic heterocycles. The molecule has 0 rings (SSSR count). The first-order chi connectivity index (χ1) is 38.0. The van der Waals surface area contributed by atoms with Crippen LogP contribution in [0.5, 0.6) is 0 Å². The Morgan fingerprint density at radius 3 is 0.727 bits per heavy atom. The van der Waals surface area contributed by atoms with Crippen molar-refractivity contribution in [2.24, 2.45) is 0 Å². The molecule has 1 unspecified atom stereocenters. The molecule has 0 heterocycles. The molecule has 6 nitrogen and oxygen atoms in total. The lowest BCUT2D eigenvalue weighted by atomic mass is 10.0. The fourth-order valence-corrected chi connectivity index (χ4v) is 10.5. The smallest absolute Gasteiger partial charge is 0.306 e. The molecule has 0 aliphatic heterocycles. The van der Waals surface area contributed by atoms with E-state index in [1.54, 1.807) is 0 Å². The van der Waals surface area contributed by atoms with Crippen molar-refractivity contribution in [1.29, 1.82) is 0 Å². The number of allylic oxidation sites excluding steroid dienone is 6. The highest BCUT2D eigenvalue weighted by Gasteiger charge is 2.19. The second-order valence-corrected chi connectivity index (χ2v) is 23.5. The molecule has 0 saturated heterocycles. The van der Waals surface area contributed by atoms with Crippen molar-refractivity contribution in [2.45, 2.75) is 386 Å². The van der Waals surface area contributed by atoms with E-state index in [1.165, 1.54) is 263 Å². The van der Waals surface area contributed by atoms with Crippen LogP contribution in [0.1, 0.15) is 380 Å². The molecule has 0 aliphatic carbocycles. The Bertz CT molecular complexity index is 1290. The van der Waals surface area contributed by atoms with Crippen LogP contribution in [0.2, 0.25) is 0 Å². The van der Waals surface area contributed by atoms with E-state index in [2.05, 4.69) is 57.2 Å². The first kappa shape index (κ1) is 74.6. The highest BCUT2D eigenvalue weighted by Crippen LogP contribution is 2.18. The van der Waals surface area contributed by atoms with E-state index >= 15 is 0 Å². The number of hydrogen-bond donors (Lipinski definition) is 0. The third-order valence-electron chi connectivity index (χ3n) is 15.6. The fraction of sp³-hybridized carbons (Fsp3) is 0.873. The number of unbranched alkanes of at least 4 members (excludes halogenated alkanes) is 47. The zero-order valence-corrected chi connectivity index (χ0v) is 52.0. The first-order valence-electron chi connectivity index (χ1n) is 34.5. The summed E-state index contributed by atoms with van der Waals surface area (Å²) in [6.07, 6.45) is 81.8. The maximum atomic E-state index is 12.9. The van der Waals surface area contributed by atoms with Crippen molar-refractivity contribution in [3.05, 3.63) is 36.5 Å². The van der Waals surface area contributed by atoms with Crippen LogP contribution in [0.3, 0.4) is 0 Å². The van der Waals surface area contributed by atoms with Crippen molar-refractivity contribution in [1.82, 2.24) is 0 Å². The second-order valence-electron chi connectivity index (χ2n) is 23.5. The summed E-state index contributed by atoms with van der Waals surface area (Å²) in [6, 6.07) is 0. The molecule has 452 valence electrons. The number of carbonyl (C=O) groups excluding carboxylic acids is 3. The molecule has 0 radical (unpaired) electrons. The van der Waals surface area contributed by atoms with Gasteiger partial charge in [-0.3, -0.25) is 14.4 Å². The lowest BCUT2D eigenvalue weighted by Crippen LogP contribution is -2.30. The van der Waals surface area contributed by atoms with E-state index in [4.69, 9.17) is 14.2 Å². The molecular formula is C71H132O6. The van der Waals surface area contributed by atoms with Gasteiger partial charge in [0.15, 0.2) is 6.10 Å². The Labute approximate surface area is 480 Å². The lowest BCUT2D eigenvalue weighted by molar-refractivity contribution is -0.167. The molecule has 1 atom stereocenters. The highest BCUT2D eigenvalue weighted by molar-refractivity contribution is 5.71. The number of ether oxygens (including phenoxy) is 3. The van der Waals surface area contributed by atoms with Crippen LogP contribution in [-0.2, 0) is 28.6 Å². The lowest BCUT2D eigenvalue weighted by Gasteiger charge is -2.18. The van der Waals surface area contributed by atoms with Crippen molar-refractivity contribution in [2.75, 3.05) is 13.2 Å². The normalized spacial score (nSPS) is 12.2. The first-order valence-corrected chi connectivity index (χ1v) is 34.5. The van der Waals surface area contributed by atoms with Crippen molar-refractivity contribution in [3.63, 3.8) is 0 Å². The van der Waals surface area contributed by atoms with Crippen molar-refractivity contribution >= 4 is 17.9 Å². The van der Waals surface area contributed by atoms with E-state index in [9.17, 15) is 14.4 Å². The largest absolute Gasteiger partial charge is 0.462 e. The van der Waals surface area contributed by atoms with Crippen LogP contribution in [0.25, 0.3) is 0 Å². The van der Waals surface area contributed by atoms with Crippen LogP contribution in [0, 0.1) is 0 Å². The van der Waals surface area contributed by atoms with Crippen molar-refractivity contribution in [3.8, 4) is 0 Å². The average molecular weight is 1080 g/mol. The monoisotopic (exact) mass is 1080 g/mol. The Balaban J connectivity index is 4.19. The Kier molecular flexibility index (Phi) is 64.1. The number of hydrogen-bond acceptors (Lipinski definition) is 6. The molecule has 0 N–H and O–H groups in total. The third kappa shape index (κ3) is 64.3. The SMILES string of the molecule is CCCCCCC/C=C\C/C=C\C/C=C\CCCCCCCCC(=O)OC(COC(=O)CCCCCCCCCCCCC)COC(=O)CCCCCCCCCCCCCCCCCCCCCCCCCCCCC. The number of carbonyl (C=O) groups is 3. The third-order valence-corrected chi connectivity index (χ3v) is 15.6. The Morgan fingerprint density at radius 2 is 0.468 bits per heavy atom. The molecular weight excluding hydrogens is 949 g/mol. The van der Waals surface area contributed by atoms with Crippen LogP contribution in [-0.4, -0.2) is 37.2 Å². The van der Waals surface area contributed by atoms with E-state index in [0.717, 1.165) is 77.0 Å². The van der Waals surface area contributed by atoms with E-state index in [1.807, 2.05) is 0 Å². The van der Waals surface area contributed by atoms with Crippen LogP contribution in [0.15, 0.2) is 36.5 Å². The predicted molar refractivity (Wildman–Crippen MR) is 335 cm³/mol. The Hall–Kier alpha value is -2.37. The zero-order chi connectivity index (χ0) is 55.7. The summed E-state index contributed by atoms with van der Waals surface area (Å²) in [6.45, 7) is 6.68. The van der Waals surface area contributed by atoms with Gasteiger partial charge in [-0.1, -0.05) is 340 Å². The van der Waals surface area contributed by atoms with Gasteiger partial charge in [0.25, 0.3) is 0 Å². The molecule has 77 heavy (non-hydrogen) atoms. The molecule has 0 amide bonds. The summed E-state index contributed by atoms with van der Waals surface area (Å²) in [5, 5.41) is 0. The quantitative estimate of drug-likeness (QED) is 0.0261. The van der Waals surface area contributed by atoms with Gasteiger partial charge < -0.3 is 14.2 Å². The van der Waals surface area contributed by atoms with Gasteiger partial charge >= 0.3 is 17.9 Å². The van der Waals surface area contributed by atoms with E-state index in [-0.39, 0.29) is 31.1 Å². The summed E-state index contributed by atoms with van der Waals surface area (Å²) in [5.41, 5.74) is 0. The van der Waals surface area contributed by atoms with Crippen LogP contribution in [0.4, 0.5) is 0 Å². The topological polar surface area (TPSA) is 78.9 Å². The average Bonchev–Trinajstić information content (AvgIpc) is 3.43. The molecule has 6 heteroatoms. The minimum Gasteiger partial charge on any atom is -0.462 e. The highest BCUT2D eigenvalue weighted by atomic mass is 16.6. The van der Waals surface area contributed by atoms with E-state index in [0.29, 0.717) is 19.3 Å². The predicted octanol–water partition coefficient (Wildman–Crippen LogP) is 23.6. The standard InChI is InChI=1S/C71H132O6/c1-4-7-10-13-16-19-22-24-26-28-30-32-33-34-35-36-37-39-40-42-44-46-49-52-55-58-61-64-70(73)76-67-68(66-75-69(72)63-60-57-54-51-48-21-18-15-12-9-6-3)77-71(74)65-62-59-56-53-50-47-45-43-41-38-31-29-27-25-23-20-17-14-11-8-5-2/h23,25,29,31,41,43,68H,4-22,24,26-28,30,32-40,42,44-67H2,1-3H3/b25-23-,31-29-,43-41-. The van der Waals surface area contributed by atoms with Gasteiger partial charge in [0.1, 0.15) is 13.2 Å². The van der Waals surface area contributed by atoms with Gasteiger partial charge in [0.05, 0.1) is 0 Å². The van der Waals surface area contributed by atoms with Crippen molar-refractivity contribution < 1.29 is 28.6 Å². The van der Waals surface area contributed by atoms with Crippen LogP contribution < -0.4 is 0 Å². The maximum Gasteiger partial charge on any atom is 0.306 e. The second kappa shape index (κ2) is 66.1. The summed E-state index contributed by atoms with van der Waals surface area (Å²) in [4.78, 5) is 38.3. The zero-order valence-electron chi connectivity index (χ0n) is 52.0. The Morgan fingerprint density at radius 1 is 0.260 bits per heavy atom. The summed E-state index contributed by atoms with van der Waals surface area (Å²) < 4.78 is 16.9. The molecule has 0 fully saturated rings. The molecule has 0 aliphatic rings. The molecule has 0 saturated carbocycles. The minimum absolute atomic E-state index is 0.0722.